The summed E-state index contributed by atoms with van der Waals surface area (Å²) in [6.07, 6.45) is 1.79. The van der Waals surface area contributed by atoms with Gasteiger partial charge in [0, 0.05) is 31.7 Å². The van der Waals surface area contributed by atoms with Crippen LogP contribution in [0.25, 0.3) is 0 Å². The Morgan fingerprint density at radius 3 is 2.54 bits per heavy atom. The van der Waals surface area contributed by atoms with E-state index in [1.807, 2.05) is 37.3 Å². The zero-order valence-corrected chi connectivity index (χ0v) is 15.0. The van der Waals surface area contributed by atoms with Crippen molar-refractivity contribution in [3.63, 3.8) is 0 Å². The average molecular weight is 354 g/mol. The number of anilines is 1. The summed E-state index contributed by atoms with van der Waals surface area (Å²) in [4.78, 5) is 27.9. The molecule has 0 aliphatic carbocycles. The van der Waals surface area contributed by atoms with Crippen LogP contribution in [0.15, 0.2) is 48.5 Å². The van der Waals surface area contributed by atoms with Gasteiger partial charge in [-0.1, -0.05) is 24.3 Å². The highest BCUT2D eigenvalue weighted by atomic mass is 19.1. The van der Waals surface area contributed by atoms with Crippen molar-refractivity contribution in [2.75, 3.05) is 18.0 Å². The van der Waals surface area contributed by atoms with Gasteiger partial charge in [0.25, 0.3) is 0 Å². The summed E-state index contributed by atoms with van der Waals surface area (Å²) in [5.74, 6) is -0.138. The van der Waals surface area contributed by atoms with Crippen LogP contribution in [-0.2, 0) is 22.6 Å². The van der Waals surface area contributed by atoms with E-state index in [1.165, 1.54) is 12.1 Å². The molecule has 26 heavy (non-hydrogen) atoms. The number of halogens is 1. The molecule has 0 bridgehead atoms. The first-order valence-electron chi connectivity index (χ1n) is 8.98. The first kappa shape index (κ1) is 18.1. The first-order chi connectivity index (χ1) is 12.6. The predicted octanol–water partition coefficient (Wildman–Crippen LogP) is 3.54. The molecule has 2 aromatic carbocycles. The smallest absolute Gasteiger partial charge is 0.227 e. The largest absolute Gasteiger partial charge is 0.338 e. The lowest BCUT2D eigenvalue weighted by Gasteiger charge is -2.21. The minimum atomic E-state index is -0.293. The van der Waals surface area contributed by atoms with E-state index in [0.717, 1.165) is 29.8 Å². The number of benzene rings is 2. The Morgan fingerprint density at radius 1 is 1.15 bits per heavy atom. The third kappa shape index (κ3) is 4.28. The van der Waals surface area contributed by atoms with Crippen LogP contribution in [0.3, 0.4) is 0 Å². The quantitative estimate of drug-likeness (QED) is 0.796. The number of carbonyl (C=O) groups is 2. The maximum absolute atomic E-state index is 13.3. The Labute approximate surface area is 153 Å². The molecule has 1 aliphatic rings. The standard InChI is InChI=1S/C21H23FN2O2/c1-2-23(15-17-5-3-6-18(22)13-17)21(26)14-16-8-10-19(11-9-16)24-12-4-7-20(24)25/h3,5-6,8-11,13H,2,4,7,12,14-15H2,1H3. The Morgan fingerprint density at radius 2 is 1.92 bits per heavy atom. The topological polar surface area (TPSA) is 40.6 Å². The molecule has 0 spiro atoms. The van der Waals surface area contributed by atoms with Crippen LogP contribution in [0, 0.1) is 5.82 Å². The van der Waals surface area contributed by atoms with Crippen molar-refractivity contribution in [2.24, 2.45) is 0 Å². The molecule has 5 heteroatoms. The van der Waals surface area contributed by atoms with Crippen LogP contribution in [0.5, 0.6) is 0 Å². The van der Waals surface area contributed by atoms with Crippen LogP contribution in [0.4, 0.5) is 10.1 Å². The molecule has 3 rings (SSSR count). The lowest BCUT2D eigenvalue weighted by Crippen LogP contribution is -2.31. The second-order valence-corrected chi connectivity index (χ2v) is 6.53. The zero-order valence-electron chi connectivity index (χ0n) is 15.0. The van der Waals surface area contributed by atoms with Gasteiger partial charge in [-0.15, -0.1) is 0 Å². The van der Waals surface area contributed by atoms with Gasteiger partial charge in [0.2, 0.25) is 11.8 Å². The summed E-state index contributed by atoms with van der Waals surface area (Å²) in [7, 11) is 0. The molecule has 0 aromatic heterocycles. The van der Waals surface area contributed by atoms with Gasteiger partial charge in [-0.05, 0) is 48.7 Å². The van der Waals surface area contributed by atoms with E-state index >= 15 is 0 Å². The van der Waals surface area contributed by atoms with Crippen molar-refractivity contribution >= 4 is 17.5 Å². The number of carbonyl (C=O) groups excluding carboxylic acids is 2. The van der Waals surface area contributed by atoms with E-state index in [2.05, 4.69) is 0 Å². The van der Waals surface area contributed by atoms with E-state index in [9.17, 15) is 14.0 Å². The van der Waals surface area contributed by atoms with E-state index < -0.39 is 0 Å². The fraction of sp³-hybridized carbons (Fsp3) is 0.333. The first-order valence-corrected chi connectivity index (χ1v) is 8.98. The molecule has 0 N–H and O–H groups in total. The van der Waals surface area contributed by atoms with Crippen LogP contribution in [-0.4, -0.2) is 29.8 Å². The molecule has 0 atom stereocenters. The van der Waals surface area contributed by atoms with Crippen molar-refractivity contribution in [1.82, 2.24) is 4.90 Å². The van der Waals surface area contributed by atoms with E-state index in [0.29, 0.717) is 19.5 Å². The summed E-state index contributed by atoms with van der Waals surface area (Å²) >= 11 is 0. The summed E-state index contributed by atoms with van der Waals surface area (Å²) in [6, 6.07) is 13.9. The van der Waals surface area contributed by atoms with Gasteiger partial charge in [0.1, 0.15) is 5.82 Å². The van der Waals surface area contributed by atoms with Gasteiger partial charge in [-0.25, -0.2) is 4.39 Å². The molecular weight excluding hydrogens is 331 g/mol. The highest BCUT2D eigenvalue weighted by molar-refractivity contribution is 5.95. The summed E-state index contributed by atoms with van der Waals surface area (Å²) in [5, 5.41) is 0. The molecule has 0 unspecified atom stereocenters. The number of rotatable bonds is 6. The second kappa shape index (κ2) is 8.13. The molecule has 1 fully saturated rings. The highest BCUT2D eigenvalue weighted by Crippen LogP contribution is 2.22. The molecule has 1 aliphatic heterocycles. The summed E-state index contributed by atoms with van der Waals surface area (Å²) in [5.41, 5.74) is 2.57. The summed E-state index contributed by atoms with van der Waals surface area (Å²) < 4.78 is 13.3. The number of likely N-dealkylation sites (N-methyl/N-ethyl adjacent to an activating group) is 1. The van der Waals surface area contributed by atoms with Crippen molar-refractivity contribution in [2.45, 2.75) is 32.7 Å². The van der Waals surface area contributed by atoms with Crippen LogP contribution < -0.4 is 4.90 Å². The van der Waals surface area contributed by atoms with E-state index in [-0.39, 0.29) is 24.1 Å². The van der Waals surface area contributed by atoms with Crippen molar-refractivity contribution < 1.29 is 14.0 Å². The Hall–Kier alpha value is -2.69. The Kier molecular flexibility index (Phi) is 5.66. The average Bonchev–Trinajstić information content (AvgIpc) is 3.06. The third-order valence-electron chi connectivity index (χ3n) is 4.67. The maximum atomic E-state index is 13.3. The monoisotopic (exact) mass is 354 g/mol. The zero-order chi connectivity index (χ0) is 18.5. The lowest BCUT2D eigenvalue weighted by molar-refractivity contribution is -0.130. The normalized spacial score (nSPS) is 13.9. The van der Waals surface area contributed by atoms with Gasteiger partial charge >= 0.3 is 0 Å². The second-order valence-electron chi connectivity index (χ2n) is 6.53. The minimum absolute atomic E-state index is 0.00163. The van der Waals surface area contributed by atoms with Crippen molar-refractivity contribution in [3.8, 4) is 0 Å². The van der Waals surface area contributed by atoms with Crippen LogP contribution >= 0.6 is 0 Å². The lowest BCUT2D eigenvalue weighted by atomic mass is 10.1. The van der Waals surface area contributed by atoms with Crippen LogP contribution in [0.1, 0.15) is 30.9 Å². The SMILES string of the molecule is CCN(Cc1cccc(F)c1)C(=O)Cc1ccc(N2CCCC2=O)cc1. The van der Waals surface area contributed by atoms with Gasteiger partial charge in [-0.3, -0.25) is 9.59 Å². The molecule has 136 valence electrons. The van der Waals surface area contributed by atoms with E-state index in [4.69, 9.17) is 0 Å². The van der Waals surface area contributed by atoms with E-state index in [1.54, 1.807) is 15.9 Å². The maximum Gasteiger partial charge on any atom is 0.227 e. The van der Waals surface area contributed by atoms with Gasteiger partial charge < -0.3 is 9.80 Å². The van der Waals surface area contributed by atoms with Crippen LogP contribution in [0.2, 0.25) is 0 Å². The fourth-order valence-electron chi connectivity index (χ4n) is 3.23. The minimum Gasteiger partial charge on any atom is -0.338 e. The van der Waals surface area contributed by atoms with Gasteiger partial charge in [0.05, 0.1) is 6.42 Å². The molecule has 2 amide bonds. The van der Waals surface area contributed by atoms with Crippen molar-refractivity contribution in [3.05, 3.63) is 65.5 Å². The number of hydrogen-bond acceptors (Lipinski definition) is 2. The predicted molar refractivity (Wildman–Crippen MR) is 99.2 cm³/mol. The number of amides is 2. The summed E-state index contributed by atoms with van der Waals surface area (Å²) in [6.45, 7) is 3.64. The Bertz CT molecular complexity index is 789. The molecule has 2 aromatic rings. The Balaban J connectivity index is 1.63. The van der Waals surface area contributed by atoms with Gasteiger partial charge in [-0.2, -0.15) is 0 Å². The van der Waals surface area contributed by atoms with Crippen molar-refractivity contribution in [1.29, 1.82) is 0 Å². The molecule has 1 saturated heterocycles. The third-order valence-corrected chi connectivity index (χ3v) is 4.67. The molecule has 1 heterocycles. The molecule has 4 nitrogen and oxygen atoms in total. The highest BCUT2D eigenvalue weighted by Gasteiger charge is 2.21. The number of hydrogen-bond donors (Lipinski definition) is 0. The van der Waals surface area contributed by atoms with Gasteiger partial charge in [0.15, 0.2) is 0 Å². The fourth-order valence-corrected chi connectivity index (χ4v) is 3.23. The number of nitrogens with zero attached hydrogens (tertiary/aromatic N) is 2. The molecule has 0 saturated carbocycles. The molecule has 0 radical (unpaired) electrons. The molecular formula is C21H23FN2O2.